The molecule has 0 spiro atoms. The van der Waals surface area contributed by atoms with Gasteiger partial charge in [0.2, 0.25) is 9.84 Å². The third kappa shape index (κ3) is 2.45. The van der Waals surface area contributed by atoms with Crippen LogP contribution in [0.2, 0.25) is 0 Å². The number of nitrogens with two attached hydrogens (primary N) is 1. The molecular formula is C10H8BrN3O2S. The first-order valence-corrected chi connectivity index (χ1v) is 6.86. The highest BCUT2D eigenvalue weighted by Gasteiger charge is 2.19. The van der Waals surface area contributed by atoms with Crippen LogP contribution in [0.25, 0.3) is 0 Å². The maximum atomic E-state index is 12.1. The van der Waals surface area contributed by atoms with Gasteiger partial charge in [0, 0.05) is 11.8 Å². The molecule has 0 aliphatic heterocycles. The summed E-state index contributed by atoms with van der Waals surface area (Å²) in [7, 11) is -3.61. The van der Waals surface area contributed by atoms with E-state index < -0.39 is 9.84 Å². The molecule has 0 unspecified atom stereocenters. The van der Waals surface area contributed by atoms with Gasteiger partial charge in [-0.1, -0.05) is 0 Å². The topological polar surface area (TPSA) is 85.9 Å². The molecule has 0 radical (unpaired) electrons. The summed E-state index contributed by atoms with van der Waals surface area (Å²) in [4.78, 5) is 7.68. The molecule has 0 fully saturated rings. The van der Waals surface area contributed by atoms with Crippen LogP contribution in [0.1, 0.15) is 0 Å². The maximum Gasteiger partial charge on any atom is 0.223 e. The Labute approximate surface area is 107 Å². The Morgan fingerprint density at radius 2 is 1.76 bits per heavy atom. The first-order valence-electron chi connectivity index (χ1n) is 4.58. The molecule has 1 aromatic heterocycles. The minimum Gasteiger partial charge on any atom is -0.399 e. The fourth-order valence-electron chi connectivity index (χ4n) is 1.23. The number of nitrogens with zero attached hydrogens (tertiary/aromatic N) is 2. The van der Waals surface area contributed by atoms with Gasteiger partial charge in [-0.05, 0) is 40.2 Å². The Bertz CT molecular complexity index is 641. The molecule has 0 aliphatic rings. The van der Waals surface area contributed by atoms with Crippen molar-refractivity contribution < 1.29 is 8.42 Å². The highest BCUT2D eigenvalue weighted by Crippen LogP contribution is 2.21. The molecule has 2 aromatic rings. The van der Waals surface area contributed by atoms with E-state index in [1.54, 1.807) is 0 Å². The molecule has 17 heavy (non-hydrogen) atoms. The van der Waals surface area contributed by atoms with Crippen LogP contribution in [0, 0.1) is 0 Å². The zero-order valence-electron chi connectivity index (χ0n) is 8.54. The third-order valence-electron chi connectivity index (χ3n) is 2.07. The average molecular weight is 314 g/mol. The van der Waals surface area contributed by atoms with Gasteiger partial charge >= 0.3 is 0 Å². The zero-order chi connectivity index (χ0) is 12.5. The van der Waals surface area contributed by atoms with Crippen molar-refractivity contribution >= 4 is 31.5 Å². The van der Waals surface area contributed by atoms with Gasteiger partial charge in [-0.15, -0.1) is 0 Å². The van der Waals surface area contributed by atoms with Crippen molar-refractivity contribution in [1.82, 2.24) is 9.97 Å². The standard InChI is InChI=1S/C10H8BrN3O2S/c11-9-5-10(14-6-13-9)17(15,16)8-3-1-7(12)2-4-8/h1-6H,12H2. The van der Waals surface area contributed by atoms with Crippen molar-refractivity contribution in [2.24, 2.45) is 0 Å². The minimum absolute atomic E-state index is 0.0517. The van der Waals surface area contributed by atoms with Crippen LogP contribution in [0.5, 0.6) is 0 Å². The molecule has 0 atom stereocenters. The van der Waals surface area contributed by atoms with Crippen LogP contribution in [0.3, 0.4) is 0 Å². The van der Waals surface area contributed by atoms with Gasteiger partial charge in [0.25, 0.3) is 0 Å². The molecule has 1 heterocycles. The number of benzene rings is 1. The second-order valence-electron chi connectivity index (χ2n) is 3.25. The Balaban J connectivity index is 2.54. The second-order valence-corrected chi connectivity index (χ2v) is 5.96. The molecule has 7 heteroatoms. The van der Waals surface area contributed by atoms with Crippen molar-refractivity contribution in [2.75, 3.05) is 5.73 Å². The number of anilines is 1. The first kappa shape index (κ1) is 12.0. The molecule has 1 aromatic carbocycles. The molecule has 88 valence electrons. The summed E-state index contributed by atoms with van der Waals surface area (Å²) in [5, 5.41) is -0.0517. The monoisotopic (exact) mass is 313 g/mol. The molecule has 0 saturated carbocycles. The molecule has 0 bridgehead atoms. The van der Waals surface area contributed by atoms with Gasteiger partial charge in [-0.2, -0.15) is 0 Å². The van der Waals surface area contributed by atoms with E-state index in [0.29, 0.717) is 10.3 Å². The van der Waals surface area contributed by atoms with Crippen molar-refractivity contribution in [3.05, 3.63) is 41.3 Å². The Morgan fingerprint density at radius 3 is 2.35 bits per heavy atom. The van der Waals surface area contributed by atoms with Crippen LogP contribution >= 0.6 is 15.9 Å². The van der Waals surface area contributed by atoms with Gasteiger partial charge < -0.3 is 5.73 Å². The Morgan fingerprint density at radius 1 is 1.12 bits per heavy atom. The number of hydrogen-bond acceptors (Lipinski definition) is 5. The first-order chi connectivity index (χ1) is 8.00. The largest absolute Gasteiger partial charge is 0.399 e. The SMILES string of the molecule is Nc1ccc(S(=O)(=O)c2cc(Br)ncn2)cc1. The number of halogens is 1. The Hall–Kier alpha value is -1.47. The van der Waals surface area contributed by atoms with Crippen LogP contribution in [0.15, 0.2) is 51.2 Å². The van der Waals surface area contributed by atoms with Gasteiger partial charge in [-0.3, -0.25) is 0 Å². The minimum atomic E-state index is -3.61. The summed E-state index contributed by atoms with van der Waals surface area (Å²) in [5.74, 6) is 0. The van der Waals surface area contributed by atoms with Crippen molar-refractivity contribution in [2.45, 2.75) is 9.92 Å². The zero-order valence-corrected chi connectivity index (χ0v) is 10.9. The smallest absolute Gasteiger partial charge is 0.223 e. The molecule has 5 nitrogen and oxygen atoms in total. The highest BCUT2D eigenvalue weighted by atomic mass is 79.9. The predicted octanol–water partition coefficient (Wildman–Crippen LogP) is 1.65. The number of rotatable bonds is 2. The van der Waals surface area contributed by atoms with E-state index in [0.717, 1.165) is 0 Å². The summed E-state index contributed by atoms with van der Waals surface area (Å²) < 4.78 is 24.7. The van der Waals surface area contributed by atoms with Gasteiger partial charge in [0.05, 0.1) is 4.90 Å². The summed E-state index contributed by atoms with van der Waals surface area (Å²) in [5.41, 5.74) is 6.01. The number of sulfone groups is 1. The molecule has 2 N–H and O–H groups in total. The second kappa shape index (κ2) is 4.42. The van der Waals surface area contributed by atoms with E-state index in [1.807, 2.05) is 0 Å². The van der Waals surface area contributed by atoms with E-state index in [-0.39, 0.29) is 9.92 Å². The normalized spacial score (nSPS) is 11.4. The summed E-state index contributed by atoms with van der Waals surface area (Å²) in [6.07, 6.45) is 1.19. The van der Waals surface area contributed by atoms with E-state index in [4.69, 9.17) is 5.73 Å². The van der Waals surface area contributed by atoms with E-state index in [1.165, 1.54) is 36.7 Å². The van der Waals surface area contributed by atoms with Crippen LogP contribution in [0.4, 0.5) is 5.69 Å². The number of aromatic nitrogens is 2. The lowest BCUT2D eigenvalue weighted by Gasteiger charge is -2.03. The highest BCUT2D eigenvalue weighted by molar-refractivity contribution is 9.10. The van der Waals surface area contributed by atoms with Gasteiger partial charge in [-0.25, -0.2) is 18.4 Å². The van der Waals surface area contributed by atoms with Crippen molar-refractivity contribution in [3.8, 4) is 0 Å². The summed E-state index contributed by atoms with van der Waals surface area (Å²) in [6.45, 7) is 0. The quantitative estimate of drug-likeness (QED) is 0.673. The lowest BCUT2D eigenvalue weighted by Crippen LogP contribution is -2.05. The molecule has 2 rings (SSSR count). The van der Waals surface area contributed by atoms with Crippen molar-refractivity contribution in [1.29, 1.82) is 0 Å². The molecule has 0 amide bonds. The summed E-state index contributed by atoms with van der Waals surface area (Å²) >= 11 is 3.10. The van der Waals surface area contributed by atoms with Gasteiger partial charge in [0.15, 0.2) is 5.03 Å². The van der Waals surface area contributed by atoms with Crippen molar-refractivity contribution in [3.63, 3.8) is 0 Å². The lowest BCUT2D eigenvalue weighted by molar-refractivity contribution is 0.591. The average Bonchev–Trinajstić information content (AvgIpc) is 2.29. The summed E-state index contributed by atoms with van der Waals surface area (Å²) in [6, 6.07) is 7.30. The predicted molar refractivity (Wildman–Crippen MR) is 66.0 cm³/mol. The van der Waals surface area contributed by atoms with E-state index >= 15 is 0 Å². The molecule has 0 saturated heterocycles. The maximum absolute atomic E-state index is 12.1. The van der Waals surface area contributed by atoms with Crippen LogP contribution < -0.4 is 5.73 Å². The number of hydrogen-bond donors (Lipinski definition) is 1. The third-order valence-corrected chi connectivity index (χ3v) is 4.17. The van der Waals surface area contributed by atoms with Gasteiger partial charge in [0.1, 0.15) is 10.9 Å². The molecular weight excluding hydrogens is 306 g/mol. The fraction of sp³-hybridized carbons (Fsp3) is 0. The van der Waals surface area contributed by atoms with E-state index in [9.17, 15) is 8.42 Å². The van der Waals surface area contributed by atoms with Crippen LogP contribution in [-0.2, 0) is 9.84 Å². The Kier molecular flexibility index (Phi) is 3.12. The molecule has 0 aliphatic carbocycles. The van der Waals surface area contributed by atoms with Crippen LogP contribution in [-0.4, -0.2) is 18.4 Å². The lowest BCUT2D eigenvalue weighted by atomic mass is 10.3. The van der Waals surface area contributed by atoms with E-state index in [2.05, 4.69) is 25.9 Å². The fourth-order valence-corrected chi connectivity index (χ4v) is 2.88. The number of nitrogen functional groups attached to an aromatic ring is 1.